The minimum Gasteiger partial charge on any atom is -0.456 e. The second-order valence-electron chi connectivity index (χ2n) is 6.51. The van der Waals surface area contributed by atoms with Crippen molar-refractivity contribution >= 4 is 29.1 Å². The molecule has 0 bridgehead atoms. The molecule has 1 aliphatic rings. The zero-order valence-electron chi connectivity index (χ0n) is 16.1. The molecule has 12 nitrogen and oxygen atoms in total. The van der Waals surface area contributed by atoms with Crippen LogP contribution in [0.2, 0.25) is 0 Å². The van der Waals surface area contributed by atoms with Crippen LogP contribution in [0.5, 0.6) is 0 Å². The van der Waals surface area contributed by atoms with Crippen LogP contribution in [0.3, 0.4) is 0 Å². The van der Waals surface area contributed by atoms with Crippen LogP contribution >= 0.6 is 0 Å². The summed E-state index contributed by atoms with van der Waals surface area (Å²) in [6.45, 7) is 5.17. The quantitative estimate of drug-likeness (QED) is 0.533. The van der Waals surface area contributed by atoms with E-state index in [1.807, 2.05) is 0 Å². The number of ether oxygens (including phenoxy) is 4. The second kappa shape index (κ2) is 7.99. The highest BCUT2D eigenvalue weighted by Crippen LogP contribution is 2.35. The smallest absolute Gasteiger partial charge is 0.303 e. The van der Waals surface area contributed by atoms with Crippen molar-refractivity contribution in [1.82, 2.24) is 19.5 Å². The van der Waals surface area contributed by atoms with Gasteiger partial charge in [-0.3, -0.25) is 23.7 Å². The largest absolute Gasteiger partial charge is 0.456 e. The first-order chi connectivity index (χ1) is 13.7. The van der Waals surface area contributed by atoms with Gasteiger partial charge in [0.05, 0.1) is 18.8 Å². The van der Waals surface area contributed by atoms with Gasteiger partial charge in [-0.1, -0.05) is 0 Å². The molecular weight excluding hydrogens is 388 g/mol. The van der Waals surface area contributed by atoms with E-state index in [0.717, 1.165) is 0 Å². The topological polar surface area (TPSA) is 152 Å². The second-order valence-corrected chi connectivity index (χ2v) is 6.51. The van der Waals surface area contributed by atoms with Gasteiger partial charge in [-0.15, -0.1) is 0 Å². The number of aromatic amines is 1. The van der Waals surface area contributed by atoms with Crippen LogP contribution in [0, 0.1) is 0 Å². The van der Waals surface area contributed by atoms with Crippen LogP contribution < -0.4 is 5.56 Å². The van der Waals surface area contributed by atoms with Gasteiger partial charge in [0.1, 0.15) is 0 Å². The molecule has 0 amide bonds. The van der Waals surface area contributed by atoms with Crippen molar-refractivity contribution in [1.29, 1.82) is 0 Å². The van der Waals surface area contributed by atoms with Crippen LogP contribution in [0.4, 0.5) is 0 Å². The first-order valence-corrected chi connectivity index (χ1v) is 8.76. The predicted octanol–water partition coefficient (Wildman–Crippen LogP) is -0.168. The zero-order chi connectivity index (χ0) is 21.3. The monoisotopic (exact) mass is 408 g/mol. The number of nitrogens with one attached hydrogen (secondary N) is 1. The Hall–Kier alpha value is -3.28. The first-order valence-electron chi connectivity index (χ1n) is 8.76. The highest BCUT2D eigenvalue weighted by Gasteiger charge is 2.51. The van der Waals surface area contributed by atoms with E-state index in [-0.39, 0.29) is 11.2 Å². The molecule has 0 saturated carbocycles. The molecule has 0 spiro atoms. The van der Waals surface area contributed by atoms with E-state index in [2.05, 4.69) is 15.0 Å². The lowest BCUT2D eigenvalue weighted by molar-refractivity contribution is -0.259. The number of esters is 3. The highest BCUT2D eigenvalue weighted by molar-refractivity contribution is 5.70. The summed E-state index contributed by atoms with van der Waals surface area (Å²) in [5.74, 6) is -1.96. The number of nitrogens with zero attached hydrogens (tertiary/aromatic N) is 3. The van der Waals surface area contributed by atoms with E-state index >= 15 is 0 Å². The Balaban J connectivity index is 2.10. The molecule has 1 N–H and O–H groups in total. The molecule has 1 saturated heterocycles. The van der Waals surface area contributed by atoms with Crippen molar-refractivity contribution in [3.63, 3.8) is 0 Å². The van der Waals surface area contributed by atoms with Gasteiger partial charge in [0.15, 0.2) is 35.7 Å². The maximum atomic E-state index is 12.0. The number of hydrogen-bond donors (Lipinski definition) is 1. The average Bonchev–Trinajstić information content (AvgIpc) is 3.04. The highest BCUT2D eigenvalue weighted by atomic mass is 16.7. The Morgan fingerprint density at radius 1 is 1.00 bits per heavy atom. The number of imidazole rings is 1. The molecule has 1 fully saturated rings. The molecule has 3 rings (SSSR count). The fourth-order valence-corrected chi connectivity index (χ4v) is 3.26. The van der Waals surface area contributed by atoms with Gasteiger partial charge in [0.25, 0.3) is 5.56 Å². The Morgan fingerprint density at radius 3 is 2.21 bits per heavy atom. The van der Waals surface area contributed by atoms with E-state index < -0.39 is 54.1 Å². The normalized spacial score (nSPS) is 26.7. The molecule has 3 heterocycles. The van der Waals surface area contributed by atoms with Crippen LogP contribution in [0.25, 0.3) is 11.2 Å². The molecule has 0 aliphatic carbocycles. The summed E-state index contributed by atoms with van der Waals surface area (Å²) in [4.78, 5) is 57.5. The molecular formula is C17H20N4O8. The van der Waals surface area contributed by atoms with Crippen LogP contribution in [-0.4, -0.2) is 61.8 Å². The molecule has 29 heavy (non-hydrogen) atoms. The zero-order valence-corrected chi connectivity index (χ0v) is 16.1. The number of carbonyl (C=O) groups excluding carboxylic acids is 3. The van der Waals surface area contributed by atoms with Crippen molar-refractivity contribution in [2.45, 2.75) is 58.3 Å². The fourth-order valence-electron chi connectivity index (χ4n) is 3.26. The summed E-state index contributed by atoms with van der Waals surface area (Å²) in [5.41, 5.74) is -0.233. The van der Waals surface area contributed by atoms with Crippen molar-refractivity contribution < 1.29 is 33.3 Å². The first kappa shape index (κ1) is 20.5. The lowest BCUT2D eigenvalue weighted by atomic mass is 9.97. The predicted molar refractivity (Wildman–Crippen MR) is 94.4 cm³/mol. The minimum atomic E-state index is -1.20. The summed E-state index contributed by atoms with van der Waals surface area (Å²) in [6, 6.07) is 0. The molecule has 2 aromatic rings. The molecule has 156 valence electrons. The lowest BCUT2D eigenvalue weighted by Crippen LogP contribution is -2.58. The van der Waals surface area contributed by atoms with Gasteiger partial charge < -0.3 is 23.9 Å². The molecule has 5 atom stereocenters. The summed E-state index contributed by atoms with van der Waals surface area (Å²) in [7, 11) is 0. The summed E-state index contributed by atoms with van der Waals surface area (Å²) < 4.78 is 23.4. The number of carbonyl (C=O) groups is 3. The third-order valence-electron chi connectivity index (χ3n) is 4.29. The average molecular weight is 408 g/mol. The van der Waals surface area contributed by atoms with E-state index in [9.17, 15) is 19.2 Å². The van der Waals surface area contributed by atoms with Crippen molar-refractivity contribution in [2.24, 2.45) is 0 Å². The van der Waals surface area contributed by atoms with Crippen molar-refractivity contribution in [2.75, 3.05) is 0 Å². The summed E-state index contributed by atoms with van der Waals surface area (Å²) >= 11 is 0. The van der Waals surface area contributed by atoms with E-state index in [1.54, 1.807) is 6.92 Å². The van der Waals surface area contributed by atoms with Crippen LogP contribution in [0.1, 0.15) is 33.9 Å². The van der Waals surface area contributed by atoms with Gasteiger partial charge in [0.2, 0.25) is 0 Å². The van der Waals surface area contributed by atoms with E-state index in [0.29, 0.717) is 0 Å². The van der Waals surface area contributed by atoms with Gasteiger partial charge >= 0.3 is 17.9 Å². The molecule has 1 aliphatic heterocycles. The molecule has 2 aromatic heterocycles. The third-order valence-corrected chi connectivity index (χ3v) is 4.29. The van der Waals surface area contributed by atoms with Crippen molar-refractivity contribution in [3.05, 3.63) is 23.0 Å². The molecule has 0 aromatic carbocycles. The maximum absolute atomic E-state index is 12.0. The fraction of sp³-hybridized carbons (Fsp3) is 0.529. The van der Waals surface area contributed by atoms with Gasteiger partial charge in [-0.05, 0) is 6.92 Å². The van der Waals surface area contributed by atoms with Gasteiger partial charge in [-0.25, -0.2) is 9.97 Å². The third kappa shape index (κ3) is 4.11. The lowest BCUT2D eigenvalue weighted by Gasteiger charge is -2.43. The number of fused-ring (bicyclic) bond motifs is 1. The van der Waals surface area contributed by atoms with Crippen molar-refractivity contribution in [3.8, 4) is 0 Å². The maximum Gasteiger partial charge on any atom is 0.303 e. The number of hydrogen-bond acceptors (Lipinski definition) is 10. The number of H-pyrrole nitrogens is 1. The number of rotatable bonds is 4. The summed E-state index contributed by atoms with van der Waals surface area (Å²) in [5, 5.41) is 0. The van der Waals surface area contributed by atoms with Gasteiger partial charge in [-0.2, -0.15) is 0 Å². The van der Waals surface area contributed by atoms with Gasteiger partial charge in [0, 0.05) is 20.8 Å². The SMILES string of the molecule is CC(=O)O[C@H]1[C@H](OC(C)=O)[C@H](C)O[C@@H](n2cnc3c(=O)[nH]cnc32)[C@H]1OC(C)=O. The van der Waals surface area contributed by atoms with E-state index in [1.165, 1.54) is 38.0 Å². The van der Waals surface area contributed by atoms with Crippen LogP contribution in [-0.2, 0) is 33.3 Å². The Morgan fingerprint density at radius 2 is 1.59 bits per heavy atom. The molecule has 0 unspecified atom stereocenters. The standard InChI is InChI=1S/C17H20N4O8/c1-7-12(27-8(2)22)13(28-9(3)23)14(29-10(4)24)17(26-7)21-6-20-11-15(21)18-5-19-16(11)25/h5-7,12-14,17H,1-4H3,(H,18,19,25)/t7-,12+,13-,14-,17+/m0/s1. The van der Waals surface area contributed by atoms with E-state index in [4.69, 9.17) is 18.9 Å². The Kier molecular flexibility index (Phi) is 5.64. The summed E-state index contributed by atoms with van der Waals surface area (Å²) in [6.07, 6.45) is -2.69. The molecule has 0 radical (unpaired) electrons. The Labute approximate surface area is 164 Å². The Bertz CT molecular complexity index is 999. The van der Waals surface area contributed by atoms with Crippen LogP contribution in [0.15, 0.2) is 17.4 Å². The number of aromatic nitrogens is 4. The minimum absolute atomic E-state index is 0.0523. The molecule has 12 heteroatoms.